The summed E-state index contributed by atoms with van der Waals surface area (Å²) in [5, 5.41) is 25.2. The van der Waals surface area contributed by atoms with Gasteiger partial charge in [0.1, 0.15) is 0 Å². The number of nitrogens with one attached hydrogen (secondary N) is 3. The molecule has 14 heteroatoms. The molecule has 1 radical (unpaired) electrons. The van der Waals surface area contributed by atoms with E-state index in [2.05, 4.69) is 16.0 Å². The van der Waals surface area contributed by atoms with Gasteiger partial charge in [0, 0.05) is 58.4 Å². The number of ether oxygens (including phenoxy) is 3. The molecule has 0 unspecified atom stereocenters. The minimum atomic E-state index is -1.07. The van der Waals surface area contributed by atoms with Gasteiger partial charge in [0.15, 0.2) is 0 Å². The van der Waals surface area contributed by atoms with Crippen LogP contribution in [0.5, 0.6) is 0 Å². The van der Waals surface area contributed by atoms with Gasteiger partial charge in [-0.25, -0.2) is 0 Å². The maximum Gasteiger partial charge on any atom is 0.303 e. The first-order chi connectivity index (χ1) is 23.7. The third-order valence-electron chi connectivity index (χ3n) is 7.57. The molecule has 0 aliphatic carbocycles. The number of aliphatic carboxylic acids is 2. The number of hydrogen-bond acceptors (Lipinski definition) is 9. The summed E-state index contributed by atoms with van der Waals surface area (Å²) >= 11 is 0. The molecule has 0 aromatic heterocycles. The van der Waals surface area contributed by atoms with Crippen molar-refractivity contribution in [2.45, 2.75) is 134 Å². The summed E-state index contributed by atoms with van der Waals surface area (Å²) in [6.45, 7) is 3.72. The summed E-state index contributed by atoms with van der Waals surface area (Å²) in [7, 11) is 0. The zero-order valence-electron chi connectivity index (χ0n) is 29.4. The number of unbranched alkanes of at least 4 members (excludes halogenated alkanes) is 11. The summed E-state index contributed by atoms with van der Waals surface area (Å²) < 4.78 is 16.5. The largest absolute Gasteiger partial charge is 0.481 e. The predicted molar refractivity (Wildman–Crippen MR) is 184 cm³/mol. The lowest BCUT2D eigenvalue weighted by atomic mass is 10.0. The first-order valence-corrected chi connectivity index (χ1v) is 18.1. The van der Waals surface area contributed by atoms with Crippen molar-refractivity contribution >= 4 is 35.9 Å². The number of carbonyl (C=O) groups is 5. The van der Waals surface area contributed by atoms with Crippen LogP contribution in [0, 0.1) is 0 Å². The van der Waals surface area contributed by atoms with Gasteiger partial charge in [-0.2, -0.15) is 0 Å². The van der Waals surface area contributed by atoms with Crippen LogP contribution in [-0.2, 0) is 43.0 Å². The van der Waals surface area contributed by atoms with Crippen molar-refractivity contribution in [1.29, 1.82) is 0 Å². The Bertz CT molecular complexity index is 889. The van der Waals surface area contributed by atoms with Crippen LogP contribution in [0.4, 0.5) is 0 Å². The van der Waals surface area contributed by atoms with Gasteiger partial charge in [0.05, 0.1) is 32.5 Å². The van der Waals surface area contributed by atoms with E-state index >= 15 is 0 Å². The highest BCUT2D eigenvalue weighted by molar-refractivity contribution is 5.85. The Balaban J connectivity index is 3.36. The topological polar surface area (TPSA) is 207 Å². The quantitative estimate of drug-likeness (QED) is 0.0589. The van der Waals surface area contributed by atoms with E-state index in [1.807, 2.05) is 0 Å². The molecule has 0 aromatic rings. The van der Waals surface area contributed by atoms with Gasteiger partial charge in [-0.05, 0) is 32.1 Å². The van der Waals surface area contributed by atoms with Crippen LogP contribution in [0.1, 0.15) is 128 Å². The molecule has 1 atom stereocenters. The van der Waals surface area contributed by atoms with E-state index in [0.29, 0.717) is 65.6 Å². The fraction of sp³-hybridized carbons (Fsp3) is 0.829. The Morgan fingerprint density at radius 2 is 0.857 bits per heavy atom. The molecule has 0 aliphatic heterocycles. The van der Waals surface area contributed by atoms with Gasteiger partial charge < -0.3 is 40.4 Å². The van der Waals surface area contributed by atoms with Crippen LogP contribution in [0.15, 0.2) is 0 Å². The molecular formula is C35H62N3O11. The summed E-state index contributed by atoms with van der Waals surface area (Å²) in [5.74, 6) is -2.50. The van der Waals surface area contributed by atoms with Crippen LogP contribution in [0.2, 0.25) is 0 Å². The molecule has 0 saturated heterocycles. The molecule has 0 aliphatic rings. The highest BCUT2D eigenvalue weighted by Gasteiger charge is 2.15. The fourth-order valence-electron chi connectivity index (χ4n) is 4.77. The Hall–Kier alpha value is -3.10. The standard InChI is InChI=1S/C35H62N3O11/c39-29-30(17-20-35(45)46)38-33(42)19-18-32(41)37-22-14-24-48-26-28-49-27-25-47-23-13-21-36-31(40)15-11-9-7-5-3-1-2-4-6-8-10-12-16-34(43)44/h30H,1-28H2,(H,36,40)(H,37,41)(H,38,42)(H,43,44)(H,45,46)/t30-/m0/s1. The van der Waals surface area contributed by atoms with E-state index < -0.39 is 23.9 Å². The SMILES string of the molecule is O=[C][C@H](CCC(=O)O)NC(=O)CCC(=O)NCCCOCCOCCOCCCNC(=O)CCCCCCCCCCCCCCC(=O)O. The molecule has 49 heavy (non-hydrogen) atoms. The number of carboxylic acid groups (broad SMARTS) is 2. The summed E-state index contributed by atoms with van der Waals surface area (Å²) in [4.78, 5) is 67.5. The van der Waals surface area contributed by atoms with Crippen LogP contribution >= 0.6 is 0 Å². The zero-order valence-corrected chi connectivity index (χ0v) is 29.4. The van der Waals surface area contributed by atoms with Crippen LogP contribution in [-0.4, -0.2) is 105 Å². The third-order valence-corrected chi connectivity index (χ3v) is 7.57. The average Bonchev–Trinajstić information content (AvgIpc) is 3.07. The Morgan fingerprint density at radius 3 is 1.31 bits per heavy atom. The number of rotatable bonds is 37. The second kappa shape index (κ2) is 34.8. The van der Waals surface area contributed by atoms with Crippen LogP contribution < -0.4 is 16.0 Å². The van der Waals surface area contributed by atoms with Gasteiger partial charge in [-0.1, -0.05) is 64.2 Å². The molecule has 3 amide bonds. The molecule has 14 nitrogen and oxygen atoms in total. The van der Waals surface area contributed by atoms with Crippen LogP contribution in [0.25, 0.3) is 0 Å². The van der Waals surface area contributed by atoms with Gasteiger partial charge in [-0.15, -0.1) is 0 Å². The van der Waals surface area contributed by atoms with Gasteiger partial charge in [0.25, 0.3) is 0 Å². The minimum absolute atomic E-state index is 0.0487. The molecule has 0 heterocycles. The van der Waals surface area contributed by atoms with Crippen molar-refractivity contribution in [2.75, 3.05) is 52.7 Å². The molecule has 0 aromatic carbocycles. The summed E-state index contributed by atoms with van der Waals surface area (Å²) in [6, 6.07) is -1.00. The fourth-order valence-corrected chi connectivity index (χ4v) is 4.77. The van der Waals surface area contributed by atoms with Crippen molar-refractivity contribution < 1.29 is 53.2 Å². The lowest BCUT2D eigenvalue weighted by Gasteiger charge is -2.11. The molecule has 0 rings (SSSR count). The van der Waals surface area contributed by atoms with Crippen molar-refractivity contribution in [3.05, 3.63) is 0 Å². The smallest absolute Gasteiger partial charge is 0.303 e. The number of hydrogen-bond donors (Lipinski definition) is 5. The number of amides is 3. The summed E-state index contributed by atoms with van der Waals surface area (Å²) in [6.07, 6.45) is 16.8. The first-order valence-electron chi connectivity index (χ1n) is 18.1. The Morgan fingerprint density at radius 1 is 0.469 bits per heavy atom. The van der Waals surface area contributed by atoms with Crippen molar-refractivity contribution in [3.63, 3.8) is 0 Å². The first kappa shape index (κ1) is 45.9. The molecule has 5 N–H and O–H groups in total. The van der Waals surface area contributed by atoms with E-state index in [4.69, 9.17) is 24.4 Å². The predicted octanol–water partition coefficient (Wildman–Crippen LogP) is 3.83. The van der Waals surface area contributed by atoms with E-state index in [1.165, 1.54) is 44.9 Å². The Kier molecular flexibility index (Phi) is 32.6. The maximum atomic E-state index is 12.0. The normalized spacial score (nSPS) is 11.5. The van der Waals surface area contributed by atoms with Crippen molar-refractivity contribution in [3.8, 4) is 0 Å². The van der Waals surface area contributed by atoms with E-state index in [0.717, 1.165) is 38.5 Å². The van der Waals surface area contributed by atoms with E-state index in [-0.39, 0.29) is 43.9 Å². The van der Waals surface area contributed by atoms with E-state index in [9.17, 15) is 28.8 Å². The average molecular weight is 701 g/mol. The van der Waals surface area contributed by atoms with Crippen LogP contribution in [0.3, 0.4) is 0 Å². The lowest BCUT2D eigenvalue weighted by molar-refractivity contribution is -0.138. The highest BCUT2D eigenvalue weighted by atomic mass is 16.5. The molecule has 0 saturated carbocycles. The number of carbonyl (C=O) groups excluding carboxylic acids is 4. The monoisotopic (exact) mass is 700 g/mol. The third kappa shape index (κ3) is 36.0. The molecule has 283 valence electrons. The molecule has 0 fully saturated rings. The second-order valence-corrected chi connectivity index (χ2v) is 12.1. The molecule has 0 bridgehead atoms. The van der Waals surface area contributed by atoms with Crippen molar-refractivity contribution in [2.24, 2.45) is 0 Å². The highest BCUT2D eigenvalue weighted by Crippen LogP contribution is 2.13. The van der Waals surface area contributed by atoms with Gasteiger partial charge >= 0.3 is 11.9 Å². The molecular weight excluding hydrogens is 638 g/mol. The minimum Gasteiger partial charge on any atom is -0.481 e. The second-order valence-electron chi connectivity index (χ2n) is 12.1. The maximum absolute atomic E-state index is 12.0. The lowest BCUT2D eigenvalue weighted by Crippen LogP contribution is -2.37. The van der Waals surface area contributed by atoms with Gasteiger partial charge in [-0.3, -0.25) is 28.8 Å². The Labute approximate surface area is 292 Å². The van der Waals surface area contributed by atoms with E-state index in [1.54, 1.807) is 6.29 Å². The number of carboxylic acids is 2. The summed E-state index contributed by atoms with van der Waals surface area (Å²) in [5.41, 5.74) is 0. The zero-order chi connectivity index (χ0) is 36.2. The van der Waals surface area contributed by atoms with Crippen molar-refractivity contribution in [1.82, 2.24) is 16.0 Å². The molecule has 0 spiro atoms. The van der Waals surface area contributed by atoms with Gasteiger partial charge in [0.2, 0.25) is 24.0 Å².